The zero-order chi connectivity index (χ0) is 15.2. The summed E-state index contributed by atoms with van der Waals surface area (Å²) < 4.78 is 1.70. The number of piperazine rings is 1. The number of anilines is 1. The first-order valence-electron chi connectivity index (χ1n) is 7.95. The molecule has 1 unspecified atom stereocenters. The van der Waals surface area contributed by atoms with Crippen molar-refractivity contribution >= 4 is 5.82 Å². The molecule has 0 bridgehead atoms. The summed E-state index contributed by atoms with van der Waals surface area (Å²) in [5.74, 6) is 0.582. The second-order valence-electron chi connectivity index (χ2n) is 5.54. The molecule has 21 heavy (non-hydrogen) atoms. The van der Waals surface area contributed by atoms with Gasteiger partial charge in [-0.15, -0.1) is 0 Å². The van der Waals surface area contributed by atoms with Crippen LogP contribution in [0.4, 0.5) is 5.82 Å². The maximum absolute atomic E-state index is 12.3. The van der Waals surface area contributed by atoms with Crippen LogP contribution in [0, 0.1) is 0 Å². The Labute approximate surface area is 126 Å². The van der Waals surface area contributed by atoms with Gasteiger partial charge in [0, 0.05) is 57.7 Å². The molecule has 2 heterocycles. The molecule has 0 amide bonds. The van der Waals surface area contributed by atoms with E-state index in [1.807, 2.05) is 6.92 Å². The van der Waals surface area contributed by atoms with Crippen LogP contribution in [-0.2, 0) is 6.54 Å². The standard InChI is InChI=1S/C15H27N5O/c1-3-5-13(12-16)19-8-10-20(11-9-19)14-15(21)18(4-2)7-6-17-14/h6-7,13H,3-5,8-12,16H2,1-2H3. The summed E-state index contributed by atoms with van der Waals surface area (Å²) in [7, 11) is 0. The number of aryl methyl sites for hydroxylation is 1. The first kappa shape index (κ1) is 16.0. The van der Waals surface area contributed by atoms with Crippen molar-refractivity contribution in [2.45, 2.75) is 39.3 Å². The third-order valence-corrected chi connectivity index (χ3v) is 4.26. The Morgan fingerprint density at radius 3 is 2.57 bits per heavy atom. The van der Waals surface area contributed by atoms with Crippen molar-refractivity contribution in [2.75, 3.05) is 37.6 Å². The zero-order valence-corrected chi connectivity index (χ0v) is 13.2. The monoisotopic (exact) mass is 293 g/mol. The maximum Gasteiger partial charge on any atom is 0.293 e. The van der Waals surface area contributed by atoms with Gasteiger partial charge in [-0.25, -0.2) is 4.98 Å². The molecule has 1 atom stereocenters. The molecule has 1 fully saturated rings. The Kier molecular flexibility index (Phi) is 5.76. The summed E-state index contributed by atoms with van der Waals surface area (Å²) in [5.41, 5.74) is 5.89. The molecule has 0 aromatic carbocycles. The van der Waals surface area contributed by atoms with E-state index in [9.17, 15) is 4.79 Å². The molecule has 2 N–H and O–H groups in total. The quantitative estimate of drug-likeness (QED) is 0.828. The van der Waals surface area contributed by atoms with Crippen LogP contribution < -0.4 is 16.2 Å². The minimum absolute atomic E-state index is 0.0115. The van der Waals surface area contributed by atoms with Crippen molar-refractivity contribution in [1.29, 1.82) is 0 Å². The van der Waals surface area contributed by atoms with Gasteiger partial charge in [-0.05, 0) is 13.3 Å². The molecule has 1 aromatic heterocycles. The molecule has 0 aliphatic carbocycles. The summed E-state index contributed by atoms with van der Waals surface area (Å²) in [5, 5.41) is 0. The molecular formula is C15H27N5O. The molecule has 0 spiro atoms. The first-order valence-corrected chi connectivity index (χ1v) is 7.95. The first-order chi connectivity index (χ1) is 10.2. The van der Waals surface area contributed by atoms with E-state index in [1.54, 1.807) is 17.0 Å². The van der Waals surface area contributed by atoms with Crippen molar-refractivity contribution in [3.63, 3.8) is 0 Å². The molecule has 1 aliphatic rings. The fraction of sp³-hybridized carbons (Fsp3) is 0.733. The Morgan fingerprint density at radius 2 is 2.00 bits per heavy atom. The average molecular weight is 293 g/mol. The SMILES string of the molecule is CCCC(CN)N1CCN(c2nccn(CC)c2=O)CC1. The lowest BCUT2D eigenvalue weighted by molar-refractivity contribution is 0.179. The lowest BCUT2D eigenvalue weighted by Crippen LogP contribution is -2.53. The van der Waals surface area contributed by atoms with E-state index < -0.39 is 0 Å². The van der Waals surface area contributed by atoms with E-state index >= 15 is 0 Å². The molecule has 1 aliphatic heterocycles. The van der Waals surface area contributed by atoms with Gasteiger partial charge in [0.15, 0.2) is 5.82 Å². The normalized spacial score (nSPS) is 18.0. The Balaban J connectivity index is 2.03. The van der Waals surface area contributed by atoms with E-state index in [2.05, 4.69) is 21.7 Å². The van der Waals surface area contributed by atoms with Crippen molar-refractivity contribution in [3.05, 3.63) is 22.7 Å². The second-order valence-corrected chi connectivity index (χ2v) is 5.54. The minimum atomic E-state index is 0.0115. The third-order valence-electron chi connectivity index (χ3n) is 4.26. The fourth-order valence-electron chi connectivity index (χ4n) is 2.98. The highest BCUT2D eigenvalue weighted by atomic mass is 16.1. The van der Waals surface area contributed by atoms with Crippen LogP contribution in [0.1, 0.15) is 26.7 Å². The number of hydrogen-bond donors (Lipinski definition) is 1. The maximum atomic E-state index is 12.3. The van der Waals surface area contributed by atoms with E-state index in [1.165, 1.54) is 0 Å². The van der Waals surface area contributed by atoms with Gasteiger partial charge in [0.25, 0.3) is 5.56 Å². The molecule has 1 aromatic rings. The van der Waals surface area contributed by atoms with Crippen LogP contribution in [0.5, 0.6) is 0 Å². The molecule has 1 saturated heterocycles. The number of nitrogens with two attached hydrogens (primary N) is 1. The van der Waals surface area contributed by atoms with Crippen LogP contribution in [0.3, 0.4) is 0 Å². The summed E-state index contributed by atoms with van der Waals surface area (Å²) >= 11 is 0. The lowest BCUT2D eigenvalue weighted by atomic mass is 10.1. The predicted molar refractivity (Wildman–Crippen MR) is 85.7 cm³/mol. The Bertz CT molecular complexity index is 493. The summed E-state index contributed by atoms with van der Waals surface area (Å²) in [6.07, 6.45) is 5.76. The fourth-order valence-corrected chi connectivity index (χ4v) is 2.98. The summed E-state index contributed by atoms with van der Waals surface area (Å²) in [4.78, 5) is 21.1. The van der Waals surface area contributed by atoms with E-state index in [0.717, 1.165) is 39.0 Å². The highest BCUT2D eigenvalue weighted by molar-refractivity contribution is 5.36. The molecule has 2 rings (SSSR count). The third kappa shape index (κ3) is 3.63. The largest absolute Gasteiger partial charge is 0.349 e. The van der Waals surface area contributed by atoms with Gasteiger partial charge in [0.1, 0.15) is 0 Å². The van der Waals surface area contributed by atoms with Crippen molar-refractivity contribution < 1.29 is 0 Å². The lowest BCUT2D eigenvalue weighted by Gasteiger charge is -2.39. The summed E-state index contributed by atoms with van der Waals surface area (Å²) in [6.45, 7) is 9.14. The summed E-state index contributed by atoms with van der Waals surface area (Å²) in [6, 6.07) is 0.466. The van der Waals surface area contributed by atoms with Gasteiger partial charge in [-0.1, -0.05) is 13.3 Å². The van der Waals surface area contributed by atoms with Gasteiger partial charge >= 0.3 is 0 Å². The minimum Gasteiger partial charge on any atom is -0.349 e. The van der Waals surface area contributed by atoms with Crippen molar-refractivity contribution in [2.24, 2.45) is 5.73 Å². The number of aromatic nitrogens is 2. The van der Waals surface area contributed by atoms with E-state index in [4.69, 9.17) is 5.73 Å². The van der Waals surface area contributed by atoms with Gasteiger partial charge in [0.2, 0.25) is 0 Å². The molecular weight excluding hydrogens is 266 g/mol. The zero-order valence-electron chi connectivity index (χ0n) is 13.2. The Morgan fingerprint density at radius 1 is 1.29 bits per heavy atom. The Hall–Kier alpha value is -1.40. The number of nitrogens with zero attached hydrogens (tertiary/aromatic N) is 4. The van der Waals surface area contributed by atoms with E-state index in [0.29, 0.717) is 24.9 Å². The average Bonchev–Trinajstić information content (AvgIpc) is 2.53. The van der Waals surface area contributed by atoms with E-state index in [-0.39, 0.29) is 5.56 Å². The van der Waals surface area contributed by atoms with Crippen molar-refractivity contribution in [3.8, 4) is 0 Å². The molecule has 6 heteroatoms. The van der Waals surface area contributed by atoms with Gasteiger partial charge in [-0.2, -0.15) is 0 Å². The highest BCUT2D eigenvalue weighted by Crippen LogP contribution is 2.13. The highest BCUT2D eigenvalue weighted by Gasteiger charge is 2.24. The van der Waals surface area contributed by atoms with Crippen LogP contribution >= 0.6 is 0 Å². The topological polar surface area (TPSA) is 67.4 Å². The molecule has 0 saturated carbocycles. The molecule has 118 valence electrons. The second kappa shape index (κ2) is 7.56. The number of hydrogen-bond acceptors (Lipinski definition) is 5. The van der Waals surface area contributed by atoms with Crippen molar-refractivity contribution in [1.82, 2.24) is 14.5 Å². The van der Waals surface area contributed by atoms with Crippen LogP contribution in [0.2, 0.25) is 0 Å². The molecule has 0 radical (unpaired) electrons. The number of rotatable bonds is 6. The van der Waals surface area contributed by atoms with Gasteiger partial charge < -0.3 is 15.2 Å². The van der Waals surface area contributed by atoms with Gasteiger partial charge in [-0.3, -0.25) is 9.69 Å². The van der Waals surface area contributed by atoms with Crippen LogP contribution in [-0.4, -0.2) is 53.2 Å². The molecule has 6 nitrogen and oxygen atoms in total. The van der Waals surface area contributed by atoms with Crippen LogP contribution in [0.15, 0.2) is 17.2 Å². The smallest absolute Gasteiger partial charge is 0.293 e. The van der Waals surface area contributed by atoms with Gasteiger partial charge in [0.05, 0.1) is 0 Å². The predicted octanol–water partition coefficient (Wildman–Crippen LogP) is 0.513. The van der Waals surface area contributed by atoms with Crippen LogP contribution in [0.25, 0.3) is 0 Å².